The molecule has 2 aliphatic rings. The molecule has 16 heavy (non-hydrogen) atoms. The van der Waals surface area contributed by atoms with Crippen LogP contribution in [0.1, 0.15) is 19.8 Å². The van der Waals surface area contributed by atoms with Crippen LogP contribution in [0.25, 0.3) is 0 Å². The summed E-state index contributed by atoms with van der Waals surface area (Å²) in [6.07, 6.45) is 4.15. The van der Waals surface area contributed by atoms with E-state index in [0.29, 0.717) is 6.04 Å². The van der Waals surface area contributed by atoms with Gasteiger partial charge in [0.1, 0.15) is 6.04 Å². The van der Waals surface area contributed by atoms with Crippen molar-refractivity contribution in [3.8, 4) is 0 Å². The van der Waals surface area contributed by atoms with E-state index in [-0.39, 0.29) is 11.9 Å². The Hall–Kier alpha value is -1.58. The number of pyridine rings is 1. The van der Waals surface area contributed by atoms with Crippen molar-refractivity contribution in [2.75, 3.05) is 16.8 Å². The Balaban J connectivity index is 2.12. The summed E-state index contributed by atoms with van der Waals surface area (Å²) < 4.78 is 0. The first kappa shape index (κ1) is 9.63. The van der Waals surface area contributed by atoms with Crippen LogP contribution in [0.4, 0.5) is 11.5 Å². The van der Waals surface area contributed by atoms with Crippen molar-refractivity contribution in [3.05, 3.63) is 18.3 Å². The van der Waals surface area contributed by atoms with Gasteiger partial charge in [-0.15, -0.1) is 0 Å². The van der Waals surface area contributed by atoms with Crippen molar-refractivity contribution in [2.24, 2.45) is 0 Å². The van der Waals surface area contributed by atoms with E-state index in [9.17, 15) is 4.79 Å². The molecule has 1 aromatic heterocycles. The second-order valence-electron chi connectivity index (χ2n) is 4.56. The normalized spacial score (nSPS) is 24.6. The maximum Gasteiger partial charge on any atom is 0.249 e. The predicted molar refractivity (Wildman–Crippen MR) is 62.6 cm³/mol. The first-order valence-electron chi connectivity index (χ1n) is 5.71. The van der Waals surface area contributed by atoms with Crippen LogP contribution >= 0.6 is 0 Å². The van der Waals surface area contributed by atoms with Gasteiger partial charge in [0, 0.05) is 19.3 Å². The van der Waals surface area contributed by atoms with Crippen LogP contribution in [-0.2, 0) is 4.79 Å². The van der Waals surface area contributed by atoms with Crippen LogP contribution < -0.4 is 9.80 Å². The summed E-state index contributed by atoms with van der Waals surface area (Å²) in [4.78, 5) is 20.4. The van der Waals surface area contributed by atoms with Gasteiger partial charge in [-0.2, -0.15) is 0 Å². The summed E-state index contributed by atoms with van der Waals surface area (Å²) in [6, 6.07) is 4.27. The molecule has 1 aliphatic heterocycles. The largest absolute Gasteiger partial charge is 0.340 e. The highest BCUT2D eigenvalue weighted by molar-refractivity contribution is 6.04. The second kappa shape index (κ2) is 3.20. The number of carbonyl (C=O) groups is 1. The maximum absolute atomic E-state index is 12.1. The molecule has 1 amide bonds. The minimum absolute atomic E-state index is 0.0834. The zero-order valence-electron chi connectivity index (χ0n) is 9.55. The Kier molecular flexibility index (Phi) is 1.93. The molecule has 1 unspecified atom stereocenters. The lowest BCUT2D eigenvalue weighted by Crippen LogP contribution is -2.52. The SMILES string of the molecule is CC1C(=O)N(C)c2cccnc2N1C1CC1. The molecule has 0 saturated heterocycles. The van der Waals surface area contributed by atoms with Crippen molar-refractivity contribution >= 4 is 17.4 Å². The topological polar surface area (TPSA) is 36.4 Å². The van der Waals surface area contributed by atoms with Crippen LogP contribution in [0.2, 0.25) is 0 Å². The van der Waals surface area contributed by atoms with Gasteiger partial charge < -0.3 is 9.80 Å². The van der Waals surface area contributed by atoms with Crippen LogP contribution in [0.15, 0.2) is 18.3 Å². The minimum atomic E-state index is -0.0834. The Morgan fingerprint density at radius 3 is 2.88 bits per heavy atom. The molecule has 1 fully saturated rings. The number of nitrogens with zero attached hydrogens (tertiary/aromatic N) is 3. The molecule has 84 valence electrons. The van der Waals surface area contributed by atoms with Gasteiger partial charge in [0.25, 0.3) is 0 Å². The van der Waals surface area contributed by atoms with Gasteiger partial charge in [-0.05, 0) is 31.9 Å². The lowest BCUT2D eigenvalue weighted by Gasteiger charge is -2.39. The van der Waals surface area contributed by atoms with E-state index in [1.165, 1.54) is 12.8 Å². The molecule has 4 nitrogen and oxygen atoms in total. The van der Waals surface area contributed by atoms with Crippen molar-refractivity contribution < 1.29 is 4.79 Å². The summed E-state index contributed by atoms with van der Waals surface area (Å²) in [5, 5.41) is 0. The summed E-state index contributed by atoms with van der Waals surface area (Å²) in [5.41, 5.74) is 0.928. The van der Waals surface area contributed by atoms with E-state index in [0.717, 1.165) is 11.5 Å². The molecule has 0 spiro atoms. The Bertz CT molecular complexity index is 442. The number of rotatable bonds is 1. The average molecular weight is 217 g/mol. The first-order chi connectivity index (χ1) is 7.70. The summed E-state index contributed by atoms with van der Waals surface area (Å²) in [5.74, 6) is 1.12. The number of hydrogen-bond acceptors (Lipinski definition) is 3. The number of carbonyl (C=O) groups excluding carboxylic acids is 1. The monoisotopic (exact) mass is 217 g/mol. The van der Waals surface area contributed by atoms with Crippen molar-refractivity contribution in [3.63, 3.8) is 0 Å². The van der Waals surface area contributed by atoms with E-state index >= 15 is 0 Å². The zero-order valence-corrected chi connectivity index (χ0v) is 9.55. The number of hydrogen-bond donors (Lipinski definition) is 0. The third-order valence-corrected chi connectivity index (χ3v) is 3.42. The molecule has 0 aromatic carbocycles. The van der Waals surface area contributed by atoms with Gasteiger partial charge in [0.05, 0.1) is 5.69 Å². The average Bonchev–Trinajstić information content (AvgIpc) is 3.11. The Morgan fingerprint density at radius 1 is 1.44 bits per heavy atom. The molecule has 1 aromatic rings. The van der Waals surface area contributed by atoms with Gasteiger partial charge in [-0.1, -0.05) is 0 Å². The van der Waals surface area contributed by atoms with Crippen LogP contribution in [-0.4, -0.2) is 30.0 Å². The fraction of sp³-hybridized carbons (Fsp3) is 0.500. The third-order valence-electron chi connectivity index (χ3n) is 3.42. The van der Waals surface area contributed by atoms with E-state index in [4.69, 9.17) is 0 Å². The molecule has 0 bridgehead atoms. The third kappa shape index (κ3) is 1.22. The number of fused-ring (bicyclic) bond motifs is 1. The molecule has 0 radical (unpaired) electrons. The number of anilines is 2. The summed E-state index contributed by atoms with van der Waals surface area (Å²) in [6.45, 7) is 1.97. The molecular weight excluding hydrogens is 202 g/mol. The lowest BCUT2D eigenvalue weighted by molar-refractivity contribution is -0.119. The molecule has 1 atom stereocenters. The maximum atomic E-state index is 12.1. The first-order valence-corrected chi connectivity index (χ1v) is 5.71. The van der Waals surface area contributed by atoms with Gasteiger partial charge >= 0.3 is 0 Å². The quantitative estimate of drug-likeness (QED) is 0.713. The van der Waals surface area contributed by atoms with Crippen molar-refractivity contribution in [1.82, 2.24) is 4.98 Å². The minimum Gasteiger partial charge on any atom is -0.340 e. The molecular formula is C12H15N3O. The van der Waals surface area contributed by atoms with Crippen LogP contribution in [0.3, 0.4) is 0 Å². The Labute approximate surface area is 94.9 Å². The molecule has 0 N–H and O–H groups in total. The van der Waals surface area contributed by atoms with E-state index < -0.39 is 0 Å². The highest BCUT2D eigenvalue weighted by atomic mass is 16.2. The lowest BCUT2D eigenvalue weighted by atomic mass is 10.1. The fourth-order valence-electron chi connectivity index (χ4n) is 2.39. The second-order valence-corrected chi connectivity index (χ2v) is 4.56. The smallest absolute Gasteiger partial charge is 0.249 e. The van der Waals surface area contributed by atoms with Crippen LogP contribution in [0, 0.1) is 0 Å². The molecule has 3 rings (SSSR count). The number of amides is 1. The molecule has 1 saturated carbocycles. The van der Waals surface area contributed by atoms with Crippen molar-refractivity contribution in [1.29, 1.82) is 0 Å². The molecule has 4 heteroatoms. The van der Waals surface area contributed by atoms with E-state index in [1.54, 1.807) is 11.1 Å². The summed E-state index contributed by atoms with van der Waals surface area (Å²) in [7, 11) is 1.82. The fourth-order valence-corrected chi connectivity index (χ4v) is 2.39. The molecule has 1 aliphatic carbocycles. The van der Waals surface area contributed by atoms with Gasteiger partial charge in [0.15, 0.2) is 5.82 Å². The van der Waals surface area contributed by atoms with Crippen LogP contribution in [0.5, 0.6) is 0 Å². The van der Waals surface area contributed by atoms with Gasteiger partial charge in [0.2, 0.25) is 5.91 Å². The van der Waals surface area contributed by atoms with Crippen molar-refractivity contribution in [2.45, 2.75) is 31.8 Å². The highest BCUT2D eigenvalue weighted by Crippen LogP contribution is 2.40. The number of likely N-dealkylation sites (N-methyl/N-ethyl adjacent to an activating group) is 1. The predicted octanol–water partition coefficient (Wildman–Crippen LogP) is 1.42. The number of aromatic nitrogens is 1. The Morgan fingerprint density at radius 2 is 2.19 bits per heavy atom. The standard InChI is InChI=1S/C12H15N3O/c1-8-12(16)14(2)10-4-3-7-13-11(10)15(8)9-5-6-9/h3-4,7-9H,5-6H2,1-2H3. The van der Waals surface area contributed by atoms with Gasteiger partial charge in [-0.25, -0.2) is 4.98 Å². The summed E-state index contributed by atoms with van der Waals surface area (Å²) >= 11 is 0. The highest BCUT2D eigenvalue weighted by Gasteiger charge is 2.41. The van der Waals surface area contributed by atoms with E-state index in [1.807, 2.05) is 26.1 Å². The van der Waals surface area contributed by atoms with E-state index in [2.05, 4.69) is 9.88 Å². The molecule has 2 heterocycles. The zero-order chi connectivity index (χ0) is 11.3. The van der Waals surface area contributed by atoms with Gasteiger partial charge in [-0.3, -0.25) is 4.79 Å².